The minimum atomic E-state index is -0.578. The SMILES string of the molecule is CC(C)(C)OC(=O)N1CCC(NC(=O)c2ccc(-c3ccnc(NC(=O)C4CC4)c3)c([N+](=O)[O-])c2)CC1. The van der Waals surface area contributed by atoms with Gasteiger partial charge in [0.15, 0.2) is 0 Å². The number of nitrogens with one attached hydrogen (secondary N) is 2. The molecule has 2 aromatic rings. The van der Waals surface area contributed by atoms with Crippen molar-refractivity contribution in [3.05, 3.63) is 52.2 Å². The minimum absolute atomic E-state index is 0.00198. The second kappa shape index (κ2) is 10.5. The third kappa shape index (κ3) is 6.81. The van der Waals surface area contributed by atoms with Crippen molar-refractivity contribution in [1.82, 2.24) is 15.2 Å². The summed E-state index contributed by atoms with van der Waals surface area (Å²) in [6.07, 6.45) is 3.91. The molecule has 11 nitrogen and oxygen atoms in total. The normalized spacial score (nSPS) is 16.1. The molecule has 4 rings (SSSR count). The smallest absolute Gasteiger partial charge is 0.410 e. The number of nitro groups is 1. The van der Waals surface area contributed by atoms with Gasteiger partial charge in [0.05, 0.1) is 10.5 Å². The van der Waals surface area contributed by atoms with Gasteiger partial charge in [-0.3, -0.25) is 19.7 Å². The molecule has 1 aliphatic carbocycles. The highest BCUT2D eigenvalue weighted by Gasteiger charge is 2.30. The second-order valence-corrected chi connectivity index (χ2v) is 10.4. The van der Waals surface area contributed by atoms with E-state index in [9.17, 15) is 24.5 Å². The molecule has 1 saturated heterocycles. The van der Waals surface area contributed by atoms with Crippen LogP contribution in [0.2, 0.25) is 0 Å². The molecule has 37 heavy (non-hydrogen) atoms. The number of nitro benzene ring substituents is 1. The molecule has 0 radical (unpaired) electrons. The second-order valence-electron chi connectivity index (χ2n) is 10.4. The zero-order valence-electron chi connectivity index (χ0n) is 21.2. The van der Waals surface area contributed by atoms with E-state index in [1.165, 1.54) is 24.4 Å². The molecular weight excluding hydrogens is 478 g/mol. The van der Waals surface area contributed by atoms with Gasteiger partial charge in [-0.15, -0.1) is 0 Å². The molecule has 1 saturated carbocycles. The van der Waals surface area contributed by atoms with E-state index in [2.05, 4.69) is 15.6 Å². The van der Waals surface area contributed by atoms with Gasteiger partial charge in [-0.25, -0.2) is 9.78 Å². The van der Waals surface area contributed by atoms with Crippen molar-refractivity contribution in [2.45, 2.75) is 58.1 Å². The number of ether oxygens (including phenoxy) is 1. The Labute approximate surface area is 214 Å². The molecule has 11 heteroatoms. The van der Waals surface area contributed by atoms with Crippen LogP contribution in [0, 0.1) is 16.0 Å². The molecular formula is C26H31N5O6. The molecule has 196 valence electrons. The average Bonchev–Trinajstić information content (AvgIpc) is 3.69. The van der Waals surface area contributed by atoms with E-state index < -0.39 is 16.4 Å². The van der Waals surface area contributed by atoms with Crippen molar-refractivity contribution >= 4 is 29.4 Å². The van der Waals surface area contributed by atoms with Gasteiger partial charge >= 0.3 is 6.09 Å². The van der Waals surface area contributed by atoms with Crippen LogP contribution in [0.1, 0.15) is 56.8 Å². The third-order valence-corrected chi connectivity index (χ3v) is 6.21. The van der Waals surface area contributed by atoms with Crippen LogP contribution in [-0.4, -0.2) is 57.4 Å². The fourth-order valence-corrected chi connectivity index (χ4v) is 4.11. The molecule has 0 spiro atoms. The number of piperidine rings is 1. The third-order valence-electron chi connectivity index (χ3n) is 6.21. The Morgan fingerprint density at radius 1 is 1.08 bits per heavy atom. The first kappa shape index (κ1) is 26.1. The van der Waals surface area contributed by atoms with Gasteiger partial charge in [-0.2, -0.15) is 0 Å². The number of anilines is 1. The predicted molar refractivity (Wildman–Crippen MR) is 136 cm³/mol. The Morgan fingerprint density at radius 2 is 1.78 bits per heavy atom. The van der Waals surface area contributed by atoms with Crippen molar-refractivity contribution in [1.29, 1.82) is 0 Å². The summed E-state index contributed by atoms with van der Waals surface area (Å²) >= 11 is 0. The van der Waals surface area contributed by atoms with Crippen molar-refractivity contribution in [3.63, 3.8) is 0 Å². The van der Waals surface area contributed by atoms with Crippen molar-refractivity contribution < 1.29 is 24.0 Å². The number of carbonyl (C=O) groups excluding carboxylic acids is 3. The van der Waals surface area contributed by atoms with Crippen molar-refractivity contribution in [2.75, 3.05) is 18.4 Å². The van der Waals surface area contributed by atoms with Gasteiger partial charge in [0.25, 0.3) is 11.6 Å². The number of rotatable bonds is 6. The van der Waals surface area contributed by atoms with Crippen LogP contribution in [0.5, 0.6) is 0 Å². The topological polar surface area (TPSA) is 144 Å². The quantitative estimate of drug-likeness (QED) is 0.440. The molecule has 2 heterocycles. The van der Waals surface area contributed by atoms with Gasteiger partial charge in [0, 0.05) is 42.9 Å². The van der Waals surface area contributed by atoms with Gasteiger partial charge in [-0.05, 0) is 76.3 Å². The summed E-state index contributed by atoms with van der Waals surface area (Å²) in [5.74, 6) is -0.203. The first-order valence-corrected chi connectivity index (χ1v) is 12.3. The number of hydrogen-bond acceptors (Lipinski definition) is 7. The maximum absolute atomic E-state index is 12.9. The van der Waals surface area contributed by atoms with Crippen molar-refractivity contribution in [3.8, 4) is 11.1 Å². The van der Waals surface area contributed by atoms with E-state index in [-0.39, 0.29) is 35.2 Å². The highest BCUT2D eigenvalue weighted by molar-refractivity contribution is 5.97. The Kier molecular flexibility index (Phi) is 7.42. The maximum atomic E-state index is 12.9. The fourth-order valence-electron chi connectivity index (χ4n) is 4.11. The van der Waals surface area contributed by atoms with E-state index in [4.69, 9.17) is 4.74 Å². The summed E-state index contributed by atoms with van der Waals surface area (Å²) in [4.78, 5) is 54.3. The summed E-state index contributed by atoms with van der Waals surface area (Å²) in [5, 5.41) is 17.5. The van der Waals surface area contributed by atoms with E-state index in [1.807, 2.05) is 20.8 Å². The van der Waals surface area contributed by atoms with Gasteiger partial charge in [-0.1, -0.05) is 0 Å². The zero-order valence-corrected chi connectivity index (χ0v) is 21.2. The van der Waals surface area contributed by atoms with Crippen LogP contribution in [0.25, 0.3) is 11.1 Å². The van der Waals surface area contributed by atoms with E-state index in [0.29, 0.717) is 42.9 Å². The van der Waals surface area contributed by atoms with Crippen molar-refractivity contribution in [2.24, 2.45) is 5.92 Å². The monoisotopic (exact) mass is 509 g/mol. The number of aromatic nitrogens is 1. The Morgan fingerprint density at radius 3 is 2.41 bits per heavy atom. The molecule has 1 aliphatic heterocycles. The Hall–Kier alpha value is -4.02. The number of hydrogen-bond donors (Lipinski definition) is 2. The fraction of sp³-hybridized carbons (Fsp3) is 0.462. The lowest BCUT2D eigenvalue weighted by Crippen LogP contribution is -2.47. The summed E-state index contributed by atoms with van der Waals surface area (Å²) in [6.45, 7) is 6.32. The van der Waals surface area contributed by atoms with Crippen LogP contribution >= 0.6 is 0 Å². The molecule has 2 N–H and O–H groups in total. The summed E-state index contributed by atoms with van der Waals surface area (Å²) in [6, 6.07) is 7.36. The lowest BCUT2D eigenvalue weighted by atomic mass is 10.0. The standard InChI is InChI=1S/C26H31N5O6/c1-26(2,3)37-25(34)30-12-9-19(10-13-30)28-24(33)18-6-7-20(21(14-18)31(35)36)17-8-11-27-22(15-17)29-23(32)16-4-5-16/h6-8,11,14-16,19H,4-5,9-10,12-13H2,1-3H3,(H,28,33)(H,27,29,32). The number of amides is 3. The van der Waals surface area contributed by atoms with E-state index >= 15 is 0 Å². The van der Waals surface area contributed by atoms with E-state index in [1.54, 1.807) is 17.0 Å². The Bertz CT molecular complexity index is 1210. The number of likely N-dealkylation sites (tertiary alicyclic amines) is 1. The lowest BCUT2D eigenvalue weighted by Gasteiger charge is -2.33. The number of pyridine rings is 1. The van der Waals surface area contributed by atoms with Crippen LogP contribution in [-0.2, 0) is 9.53 Å². The molecule has 0 atom stereocenters. The lowest BCUT2D eigenvalue weighted by molar-refractivity contribution is -0.384. The molecule has 0 bridgehead atoms. The molecule has 3 amide bonds. The Balaban J connectivity index is 1.42. The highest BCUT2D eigenvalue weighted by Crippen LogP contribution is 2.33. The van der Waals surface area contributed by atoms with Crippen LogP contribution in [0.15, 0.2) is 36.5 Å². The average molecular weight is 510 g/mol. The van der Waals surface area contributed by atoms with Gasteiger partial charge in [0.2, 0.25) is 5.91 Å². The van der Waals surface area contributed by atoms with E-state index in [0.717, 1.165) is 12.8 Å². The van der Waals surface area contributed by atoms with Crippen LogP contribution in [0.3, 0.4) is 0 Å². The first-order chi connectivity index (χ1) is 17.5. The van der Waals surface area contributed by atoms with Gasteiger partial charge in [0.1, 0.15) is 11.4 Å². The van der Waals surface area contributed by atoms with Crippen LogP contribution < -0.4 is 10.6 Å². The first-order valence-electron chi connectivity index (χ1n) is 12.3. The highest BCUT2D eigenvalue weighted by atomic mass is 16.6. The number of carbonyl (C=O) groups is 3. The number of benzene rings is 1. The molecule has 1 aromatic heterocycles. The summed E-state index contributed by atoms with van der Waals surface area (Å²) in [5.41, 5.74) is 0.191. The van der Waals surface area contributed by atoms with Crippen LogP contribution in [0.4, 0.5) is 16.3 Å². The molecule has 0 unspecified atom stereocenters. The minimum Gasteiger partial charge on any atom is -0.444 e. The number of nitrogens with zero attached hydrogens (tertiary/aromatic N) is 3. The summed E-state index contributed by atoms with van der Waals surface area (Å²) in [7, 11) is 0. The largest absolute Gasteiger partial charge is 0.444 e. The predicted octanol–water partition coefficient (Wildman–Crippen LogP) is 4.13. The zero-order chi connectivity index (χ0) is 26.7. The molecule has 2 fully saturated rings. The molecule has 2 aliphatic rings. The van der Waals surface area contributed by atoms with Gasteiger partial charge < -0.3 is 20.3 Å². The molecule has 1 aromatic carbocycles. The summed E-state index contributed by atoms with van der Waals surface area (Å²) < 4.78 is 5.40. The maximum Gasteiger partial charge on any atom is 0.410 e.